The Hall–Kier alpha value is -2.05. The number of hydrogen-bond donors (Lipinski definition) is 2. The molecule has 0 saturated heterocycles. The maximum Gasteiger partial charge on any atom is 0.407 e. The Bertz CT molecular complexity index is 610. The summed E-state index contributed by atoms with van der Waals surface area (Å²) in [5, 5.41) is 9.76. The van der Waals surface area contributed by atoms with E-state index < -0.39 is 11.7 Å². The van der Waals surface area contributed by atoms with E-state index in [9.17, 15) is 9.59 Å². The van der Waals surface area contributed by atoms with Crippen molar-refractivity contribution < 1.29 is 18.8 Å². The molecule has 2 amide bonds. The fourth-order valence-corrected chi connectivity index (χ4v) is 2.75. The van der Waals surface area contributed by atoms with E-state index >= 15 is 0 Å². The van der Waals surface area contributed by atoms with Gasteiger partial charge in [0, 0.05) is 24.1 Å². The van der Waals surface area contributed by atoms with Crippen molar-refractivity contribution in [2.75, 3.05) is 0 Å². The Balaban J connectivity index is 1.34. The Morgan fingerprint density at radius 1 is 1.25 bits per heavy atom. The third kappa shape index (κ3) is 4.72. The number of alkyl carbamates (subject to hydrolysis) is 1. The summed E-state index contributed by atoms with van der Waals surface area (Å²) in [7, 11) is 0. The number of carbonyl (C=O) groups is 2. The van der Waals surface area contributed by atoms with Crippen LogP contribution in [0.1, 0.15) is 63.8 Å². The highest BCUT2D eigenvalue weighted by Crippen LogP contribution is 2.39. The summed E-state index contributed by atoms with van der Waals surface area (Å²) in [6.45, 7) is 5.48. The van der Waals surface area contributed by atoms with Crippen LogP contribution in [0.2, 0.25) is 0 Å². The number of carbonyl (C=O) groups excluding carboxylic acids is 2. The van der Waals surface area contributed by atoms with Crippen molar-refractivity contribution in [1.82, 2.24) is 15.8 Å². The van der Waals surface area contributed by atoms with Gasteiger partial charge in [0.2, 0.25) is 5.91 Å². The fourth-order valence-electron chi connectivity index (χ4n) is 2.75. The molecule has 1 aromatic rings. The number of amides is 2. The molecule has 1 aromatic heterocycles. The predicted octanol–water partition coefficient (Wildman–Crippen LogP) is 2.27. The van der Waals surface area contributed by atoms with Crippen LogP contribution in [-0.4, -0.2) is 34.8 Å². The molecule has 2 aliphatic rings. The maximum absolute atomic E-state index is 12.0. The van der Waals surface area contributed by atoms with Crippen molar-refractivity contribution in [2.45, 2.75) is 76.5 Å². The molecule has 0 aromatic carbocycles. The van der Waals surface area contributed by atoms with E-state index in [4.69, 9.17) is 9.26 Å². The van der Waals surface area contributed by atoms with E-state index in [0.29, 0.717) is 24.5 Å². The molecular formula is C17H25N3O4. The first-order valence-electron chi connectivity index (χ1n) is 8.53. The molecule has 2 aliphatic carbocycles. The molecule has 1 heterocycles. The van der Waals surface area contributed by atoms with Gasteiger partial charge in [0.25, 0.3) is 0 Å². The van der Waals surface area contributed by atoms with Crippen LogP contribution in [-0.2, 0) is 16.0 Å². The second-order valence-corrected chi connectivity index (χ2v) is 7.75. The lowest BCUT2D eigenvalue weighted by atomic mass is 9.87. The first-order valence-corrected chi connectivity index (χ1v) is 8.53. The van der Waals surface area contributed by atoms with Crippen LogP contribution in [0.25, 0.3) is 0 Å². The summed E-state index contributed by atoms with van der Waals surface area (Å²) in [6, 6.07) is 2.02. The quantitative estimate of drug-likeness (QED) is 0.861. The molecule has 0 radical (unpaired) electrons. The molecule has 7 heteroatoms. The first-order chi connectivity index (χ1) is 11.3. The van der Waals surface area contributed by atoms with E-state index in [-0.39, 0.29) is 24.4 Å². The predicted molar refractivity (Wildman–Crippen MR) is 86.5 cm³/mol. The van der Waals surface area contributed by atoms with Gasteiger partial charge in [-0.25, -0.2) is 4.79 Å². The van der Waals surface area contributed by atoms with Crippen molar-refractivity contribution in [3.8, 4) is 0 Å². The van der Waals surface area contributed by atoms with E-state index in [0.717, 1.165) is 18.5 Å². The van der Waals surface area contributed by atoms with Gasteiger partial charge < -0.3 is 19.9 Å². The number of ether oxygens (including phenoxy) is 1. The lowest BCUT2D eigenvalue weighted by Gasteiger charge is -2.36. The molecule has 2 fully saturated rings. The molecule has 3 rings (SSSR count). The van der Waals surface area contributed by atoms with E-state index in [1.54, 1.807) is 0 Å². The molecule has 0 unspecified atom stereocenters. The zero-order valence-electron chi connectivity index (χ0n) is 14.4. The molecule has 132 valence electrons. The second kappa shape index (κ2) is 6.45. The van der Waals surface area contributed by atoms with Crippen LogP contribution < -0.4 is 10.6 Å². The second-order valence-electron chi connectivity index (χ2n) is 7.75. The van der Waals surface area contributed by atoms with Gasteiger partial charge in [-0.05, 0) is 46.5 Å². The summed E-state index contributed by atoms with van der Waals surface area (Å²) in [6.07, 6.45) is 3.55. The molecule has 0 atom stereocenters. The summed E-state index contributed by atoms with van der Waals surface area (Å²) < 4.78 is 10.4. The van der Waals surface area contributed by atoms with E-state index in [1.807, 2.05) is 26.8 Å². The maximum atomic E-state index is 12.0. The smallest absolute Gasteiger partial charge is 0.407 e. The highest BCUT2D eigenvalue weighted by atomic mass is 16.6. The minimum Gasteiger partial charge on any atom is -0.444 e. The van der Waals surface area contributed by atoms with Crippen molar-refractivity contribution in [2.24, 2.45) is 0 Å². The number of hydrogen-bond acceptors (Lipinski definition) is 5. The van der Waals surface area contributed by atoms with Gasteiger partial charge in [0.15, 0.2) is 0 Å². The zero-order valence-corrected chi connectivity index (χ0v) is 14.4. The SMILES string of the molecule is CC(C)(C)OC(=O)NC1CC(NC(=O)Cc2cc(C3CC3)no2)C1. The molecule has 2 N–H and O–H groups in total. The minimum atomic E-state index is -0.502. The molecular weight excluding hydrogens is 310 g/mol. The highest BCUT2D eigenvalue weighted by molar-refractivity contribution is 5.78. The Labute approximate surface area is 141 Å². The van der Waals surface area contributed by atoms with Gasteiger partial charge in [0.1, 0.15) is 11.4 Å². The highest BCUT2D eigenvalue weighted by Gasteiger charge is 2.33. The minimum absolute atomic E-state index is 0.0527. The van der Waals surface area contributed by atoms with Crippen molar-refractivity contribution in [1.29, 1.82) is 0 Å². The Morgan fingerprint density at radius 2 is 1.92 bits per heavy atom. The van der Waals surface area contributed by atoms with Gasteiger partial charge >= 0.3 is 6.09 Å². The number of nitrogens with one attached hydrogen (secondary N) is 2. The van der Waals surface area contributed by atoms with Crippen LogP contribution in [0, 0.1) is 0 Å². The monoisotopic (exact) mass is 335 g/mol. The first kappa shape index (κ1) is 16.8. The van der Waals surface area contributed by atoms with Crippen LogP contribution >= 0.6 is 0 Å². The number of nitrogens with zero attached hydrogens (tertiary/aromatic N) is 1. The van der Waals surface area contributed by atoms with Gasteiger partial charge in [0.05, 0.1) is 12.1 Å². The van der Waals surface area contributed by atoms with Crippen molar-refractivity contribution in [3.63, 3.8) is 0 Å². The van der Waals surface area contributed by atoms with Crippen molar-refractivity contribution >= 4 is 12.0 Å². The van der Waals surface area contributed by atoms with E-state index in [2.05, 4.69) is 15.8 Å². The molecule has 0 spiro atoms. The summed E-state index contributed by atoms with van der Waals surface area (Å²) in [5.41, 5.74) is 0.459. The molecule has 2 saturated carbocycles. The zero-order chi connectivity index (χ0) is 17.3. The van der Waals surface area contributed by atoms with Crippen LogP contribution in [0.15, 0.2) is 10.6 Å². The topological polar surface area (TPSA) is 93.5 Å². The number of aromatic nitrogens is 1. The summed E-state index contributed by atoms with van der Waals surface area (Å²) in [5.74, 6) is 1.06. The standard InChI is InChI=1S/C17H25N3O4/c1-17(2,3)23-16(22)19-12-6-11(7-12)18-15(21)9-13-8-14(20-24-13)10-4-5-10/h8,10-12H,4-7,9H2,1-3H3,(H,18,21)(H,19,22). The van der Waals surface area contributed by atoms with Crippen LogP contribution in [0.3, 0.4) is 0 Å². The van der Waals surface area contributed by atoms with Crippen LogP contribution in [0.5, 0.6) is 0 Å². The lowest BCUT2D eigenvalue weighted by Crippen LogP contribution is -2.54. The molecule has 7 nitrogen and oxygen atoms in total. The van der Waals surface area contributed by atoms with Crippen molar-refractivity contribution in [3.05, 3.63) is 17.5 Å². The molecule has 0 aliphatic heterocycles. The van der Waals surface area contributed by atoms with Gasteiger partial charge in [-0.3, -0.25) is 4.79 Å². The van der Waals surface area contributed by atoms with Gasteiger partial charge in [-0.2, -0.15) is 0 Å². The Kier molecular flexibility index (Phi) is 4.51. The average Bonchev–Trinajstić information content (AvgIpc) is 3.15. The van der Waals surface area contributed by atoms with E-state index in [1.165, 1.54) is 0 Å². The third-order valence-corrected chi connectivity index (χ3v) is 4.13. The molecule has 0 bridgehead atoms. The average molecular weight is 335 g/mol. The van der Waals surface area contributed by atoms with Crippen LogP contribution in [0.4, 0.5) is 4.79 Å². The lowest BCUT2D eigenvalue weighted by molar-refractivity contribution is -0.122. The normalized spacial score (nSPS) is 23.3. The summed E-state index contributed by atoms with van der Waals surface area (Å²) >= 11 is 0. The fraction of sp³-hybridized carbons (Fsp3) is 0.706. The third-order valence-electron chi connectivity index (χ3n) is 4.13. The largest absolute Gasteiger partial charge is 0.444 e. The van der Waals surface area contributed by atoms with Gasteiger partial charge in [-0.1, -0.05) is 5.16 Å². The molecule has 24 heavy (non-hydrogen) atoms. The van der Waals surface area contributed by atoms with Gasteiger partial charge in [-0.15, -0.1) is 0 Å². The number of rotatable bonds is 5. The Morgan fingerprint density at radius 3 is 2.54 bits per heavy atom. The summed E-state index contributed by atoms with van der Waals surface area (Å²) in [4.78, 5) is 23.7.